The van der Waals surface area contributed by atoms with Crippen LogP contribution in [0.1, 0.15) is 12.8 Å². The number of carbonyl (C=O) groups excluding carboxylic acids is 1. The number of rotatable bonds is 5. The Bertz CT molecular complexity index is 751. The number of amides is 2. The van der Waals surface area contributed by atoms with E-state index in [1.165, 1.54) is 4.90 Å². The van der Waals surface area contributed by atoms with Gasteiger partial charge >= 0.3 is 6.09 Å². The Hall–Kier alpha value is -2.97. The highest BCUT2D eigenvalue weighted by Gasteiger charge is 2.23. The third-order valence-corrected chi connectivity index (χ3v) is 3.83. The maximum Gasteiger partial charge on any atom is 0.407 e. The summed E-state index contributed by atoms with van der Waals surface area (Å²) in [6, 6.07) is 5.53. The van der Waals surface area contributed by atoms with Crippen LogP contribution in [0.5, 0.6) is 5.75 Å². The third-order valence-electron chi connectivity index (χ3n) is 3.83. The van der Waals surface area contributed by atoms with Crippen LogP contribution >= 0.6 is 0 Å². The monoisotopic (exact) mass is 334 g/mol. The number of fused-ring (bicyclic) bond motifs is 1. The Balaban J connectivity index is 1.63. The minimum atomic E-state index is -0.890. The number of primary amides is 1. The van der Waals surface area contributed by atoms with Crippen molar-refractivity contribution in [1.82, 2.24) is 9.88 Å². The van der Waals surface area contributed by atoms with E-state index in [9.17, 15) is 9.59 Å². The van der Waals surface area contributed by atoms with E-state index in [2.05, 4.69) is 10.3 Å². The summed E-state index contributed by atoms with van der Waals surface area (Å²) in [5.74, 6) is -0.0683. The molecule has 3 rings (SSSR count). The van der Waals surface area contributed by atoms with Gasteiger partial charge in [0.1, 0.15) is 11.3 Å². The summed E-state index contributed by atoms with van der Waals surface area (Å²) < 4.78 is 10.9. The van der Waals surface area contributed by atoms with Gasteiger partial charge in [-0.1, -0.05) is 0 Å². The van der Waals surface area contributed by atoms with E-state index in [0.717, 1.165) is 0 Å². The smallest absolute Gasteiger partial charge is 0.407 e. The molecule has 9 heteroatoms. The van der Waals surface area contributed by atoms with E-state index in [1.807, 2.05) is 0 Å². The lowest BCUT2D eigenvalue weighted by molar-refractivity contribution is -0.119. The third kappa shape index (κ3) is 3.67. The molecule has 128 valence electrons. The van der Waals surface area contributed by atoms with Gasteiger partial charge in [0.25, 0.3) is 11.9 Å². The summed E-state index contributed by atoms with van der Waals surface area (Å²) in [5, 5.41) is 12.1. The first kappa shape index (κ1) is 15.9. The largest absolute Gasteiger partial charge is 0.484 e. The predicted molar refractivity (Wildman–Crippen MR) is 84.9 cm³/mol. The number of carboxylic acid groups (broad SMARTS) is 1. The molecule has 2 heterocycles. The van der Waals surface area contributed by atoms with E-state index in [-0.39, 0.29) is 12.6 Å². The van der Waals surface area contributed by atoms with Crippen molar-refractivity contribution >= 4 is 29.1 Å². The van der Waals surface area contributed by atoms with Gasteiger partial charge in [-0.3, -0.25) is 4.79 Å². The molecule has 1 aromatic carbocycles. The molecule has 2 aromatic rings. The molecule has 2 amide bonds. The first-order valence-corrected chi connectivity index (χ1v) is 7.57. The van der Waals surface area contributed by atoms with Crippen molar-refractivity contribution < 1.29 is 23.8 Å². The molecule has 1 saturated heterocycles. The van der Waals surface area contributed by atoms with Gasteiger partial charge in [0.2, 0.25) is 0 Å². The fourth-order valence-corrected chi connectivity index (χ4v) is 2.60. The average molecular weight is 334 g/mol. The van der Waals surface area contributed by atoms with Crippen LogP contribution < -0.4 is 15.8 Å². The SMILES string of the molecule is NC(=O)COc1ccc2oc(NC3CCN(C(=O)O)CC3)nc2c1. The van der Waals surface area contributed by atoms with Crippen LogP contribution in [-0.2, 0) is 4.79 Å². The number of hydrogen-bond donors (Lipinski definition) is 3. The van der Waals surface area contributed by atoms with Crippen molar-refractivity contribution in [3.63, 3.8) is 0 Å². The zero-order valence-corrected chi connectivity index (χ0v) is 12.9. The maximum atomic E-state index is 10.9. The standard InChI is InChI=1S/C15H18N4O5/c16-13(20)8-23-10-1-2-12-11(7-10)18-14(24-12)17-9-3-5-19(6-4-9)15(21)22/h1-2,7,9H,3-6,8H2,(H2,16,20)(H,17,18)(H,21,22). The van der Waals surface area contributed by atoms with E-state index >= 15 is 0 Å². The van der Waals surface area contributed by atoms with Crippen molar-refractivity contribution in [2.75, 3.05) is 25.0 Å². The van der Waals surface area contributed by atoms with Gasteiger partial charge in [-0.25, -0.2) is 4.79 Å². The van der Waals surface area contributed by atoms with Gasteiger partial charge in [-0.2, -0.15) is 4.98 Å². The molecular formula is C15H18N4O5. The van der Waals surface area contributed by atoms with Crippen LogP contribution in [0.15, 0.2) is 22.6 Å². The fraction of sp³-hybridized carbons (Fsp3) is 0.400. The summed E-state index contributed by atoms with van der Waals surface area (Å²) in [4.78, 5) is 27.4. The van der Waals surface area contributed by atoms with Crippen LogP contribution in [0, 0.1) is 0 Å². The molecule has 24 heavy (non-hydrogen) atoms. The zero-order chi connectivity index (χ0) is 17.1. The van der Waals surface area contributed by atoms with Crippen molar-refractivity contribution in [3.05, 3.63) is 18.2 Å². The van der Waals surface area contributed by atoms with Crippen LogP contribution in [0.4, 0.5) is 10.8 Å². The Morgan fingerprint density at radius 1 is 1.42 bits per heavy atom. The summed E-state index contributed by atoms with van der Waals surface area (Å²) in [6.07, 6.45) is 0.495. The van der Waals surface area contributed by atoms with E-state index in [1.54, 1.807) is 18.2 Å². The highest BCUT2D eigenvalue weighted by atomic mass is 16.5. The lowest BCUT2D eigenvalue weighted by Gasteiger charge is -2.29. The Kier molecular flexibility index (Phi) is 4.41. The molecular weight excluding hydrogens is 316 g/mol. The van der Waals surface area contributed by atoms with E-state index in [4.69, 9.17) is 20.0 Å². The zero-order valence-electron chi connectivity index (χ0n) is 12.9. The van der Waals surface area contributed by atoms with Crippen molar-refractivity contribution in [2.45, 2.75) is 18.9 Å². The highest BCUT2D eigenvalue weighted by Crippen LogP contribution is 2.25. The summed E-state index contributed by atoms with van der Waals surface area (Å²) in [7, 11) is 0. The van der Waals surface area contributed by atoms with Gasteiger partial charge in [-0.05, 0) is 25.0 Å². The van der Waals surface area contributed by atoms with Gasteiger partial charge in [0.15, 0.2) is 12.2 Å². The van der Waals surface area contributed by atoms with Crippen molar-refractivity contribution in [2.24, 2.45) is 5.73 Å². The fourth-order valence-electron chi connectivity index (χ4n) is 2.60. The van der Waals surface area contributed by atoms with Crippen LogP contribution in [-0.4, -0.2) is 52.7 Å². The van der Waals surface area contributed by atoms with Crippen LogP contribution in [0.3, 0.4) is 0 Å². The Morgan fingerprint density at radius 2 is 2.17 bits per heavy atom. The number of anilines is 1. The number of oxazole rings is 1. The molecule has 0 aliphatic carbocycles. The van der Waals surface area contributed by atoms with Crippen molar-refractivity contribution in [1.29, 1.82) is 0 Å². The number of carbonyl (C=O) groups is 2. The number of hydrogen-bond acceptors (Lipinski definition) is 6. The van der Waals surface area contributed by atoms with Crippen LogP contribution in [0.2, 0.25) is 0 Å². The molecule has 0 unspecified atom stereocenters. The maximum absolute atomic E-state index is 10.9. The predicted octanol–water partition coefficient (Wildman–Crippen LogP) is 1.25. The molecule has 9 nitrogen and oxygen atoms in total. The molecule has 0 saturated carbocycles. The van der Waals surface area contributed by atoms with Gasteiger partial charge in [0.05, 0.1) is 0 Å². The molecule has 1 aromatic heterocycles. The normalized spacial score (nSPS) is 15.4. The number of piperidine rings is 1. The topological polar surface area (TPSA) is 131 Å². The van der Waals surface area contributed by atoms with E-state index < -0.39 is 12.0 Å². The second-order valence-corrected chi connectivity index (χ2v) is 5.59. The number of ether oxygens (including phenoxy) is 1. The number of nitrogens with two attached hydrogens (primary N) is 1. The lowest BCUT2D eigenvalue weighted by atomic mass is 10.1. The number of likely N-dealkylation sites (tertiary alicyclic amines) is 1. The summed E-state index contributed by atoms with van der Waals surface area (Å²) in [6.45, 7) is 0.771. The summed E-state index contributed by atoms with van der Waals surface area (Å²) >= 11 is 0. The molecule has 1 aliphatic heterocycles. The molecule has 0 bridgehead atoms. The minimum Gasteiger partial charge on any atom is -0.484 e. The second kappa shape index (κ2) is 6.65. The average Bonchev–Trinajstić information content (AvgIpc) is 2.94. The first-order valence-electron chi connectivity index (χ1n) is 7.57. The van der Waals surface area contributed by atoms with Gasteiger partial charge < -0.3 is 30.2 Å². The lowest BCUT2D eigenvalue weighted by Crippen LogP contribution is -2.41. The van der Waals surface area contributed by atoms with Crippen molar-refractivity contribution in [3.8, 4) is 5.75 Å². The summed E-state index contributed by atoms with van der Waals surface area (Å²) in [5.41, 5.74) is 6.23. The molecule has 0 spiro atoms. The molecule has 0 radical (unpaired) electrons. The molecule has 1 aliphatic rings. The number of nitrogens with one attached hydrogen (secondary N) is 1. The Morgan fingerprint density at radius 3 is 2.83 bits per heavy atom. The van der Waals surface area contributed by atoms with E-state index in [0.29, 0.717) is 48.8 Å². The molecule has 0 atom stereocenters. The first-order chi connectivity index (χ1) is 11.5. The van der Waals surface area contributed by atoms with Gasteiger partial charge in [0, 0.05) is 25.2 Å². The van der Waals surface area contributed by atoms with Crippen LogP contribution in [0.25, 0.3) is 11.1 Å². The molecule has 1 fully saturated rings. The number of nitrogens with zero attached hydrogens (tertiary/aromatic N) is 2. The highest BCUT2D eigenvalue weighted by molar-refractivity contribution is 5.77. The minimum absolute atomic E-state index is 0.110. The quantitative estimate of drug-likeness (QED) is 0.749. The second-order valence-electron chi connectivity index (χ2n) is 5.59. The molecule has 4 N–H and O–H groups in total. The number of benzene rings is 1. The Labute approximate surface area is 137 Å². The number of aromatic nitrogens is 1. The van der Waals surface area contributed by atoms with Gasteiger partial charge in [-0.15, -0.1) is 0 Å².